The zero-order chi connectivity index (χ0) is 14.5. The van der Waals surface area contributed by atoms with Crippen LogP contribution in [-0.4, -0.2) is 23.5 Å². The molecular formula is C15H20N2O3. The fourth-order valence-corrected chi connectivity index (χ4v) is 2.77. The molecule has 1 aliphatic rings. The second-order valence-corrected chi connectivity index (χ2v) is 5.26. The molecule has 0 spiro atoms. The third-order valence-corrected chi connectivity index (χ3v) is 3.95. The molecule has 0 radical (unpaired) electrons. The highest BCUT2D eigenvalue weighted by atomic mass is 16.4. The second-order valence-electron chi connectivity index (χ2n) is 5.26. The largest absolute Gasteiger partial charge is 0.478 e. The van der Waals surface area contributed by atoms with E-state index in [0.29, 0.717) is 12.2 Å². The molecule has 1 aromatic rings. The Labute approximate surface area is 118 Å². The first-order valence-corrected chi connectivity index (χ1v) is 6.96. The van der Waals surface area contributed by atoms with Gasteiger partial charge in [0.15, 0.2) is 0 Å². The van der Waals surface area contributed by atoms with Crippen LogP contribution >= 0.6 is 0 Å². The molecule has 2 rings (SSSR count). The normalized spacial score (nSPS) is 22.2. The van der Waals surface area contributed by atoms with Crippen LogP contribution in [0.25, 0.3) is 0 Å². The Balaban J connectivity index is 2.01. The van der Waals surface area contributed by atoms with Gasteiger partial charge in [-0.15, -0.1) is 0 Å². The molecule has 0 aromatic heterocycles. The van der Waals surface area contributed by atoms with Crippen LogP contribution in [0.2, 0.25) is 0 Å². The summed E-state index contributed by atoms with van der Waals surface area (Å²) in [5.74, 6) is -0.767. The van der Waals surface area contributed by atoms with Crippen LogP contribution in [0.1, 0.15) is 36.0 Å². The highest BCUT2D eigenvalue weighted by Gasteiger charge is 2.29. The minimum absolute atomic E-state index is 0.0109. The van der Waals surface area contributed by atoms with Crippen LogP contribution in [0.3, 0.4) is 0 Å². The lowest BCUT2D eigenvalue weighted by Gasteiger charge is -2.29. The van der Waals surface area contributed by atoms with Gasteiger partial charge < -0.3 is 16.2 Å². The van der Waals surface area contributed by atoms with Crippen molar-refractivity contribution in [3.8, 4) is 0 Å². The maximum absolute atomic E-state index is 12.3. The molecule has 1 saturated carbocycles. The zero-order valence-corrected chi connectivity index (χ0v) is 11.3. The second kappa shape index (κ2) is 6.52. The van der Waals surface area contributed by atoms with Gasteiger partial charge in [-0.2, -0.15) is 0 Å². The first kappa shape index (κ1) is 14.5. The van der Waals surface area contributed by atoms with Gasteiger partial charge in [-0.1, -0.05) is 12.8 Å². The van der Waals surface area contributed by atoms with Gasteiger partial charge in [0.25, 0.3) is 0 Å². The lowest BCUT2D eigenvalue weighted by Crippen LogP contribution is -2.35. The summed E-state index contributed by atoms with van der Waals surface area (Å²) < 4.78 is 0. The topological polar surface area (TPSA) is 92.4 Å². The molecule has 4 N–H and O–H groups in total. The Morgan fingerprint density at radius 3 is 2.45 bits per heavy atom. The van der Waals surface area contributed by atoms with E-state index >= 15 is 0 Å². The van der Waals surface area contributed by atoms with Gasteiger partial charge in [0.05, 0.1) is 5.56 Å². The van der Waals surface area contributed by atoms with Crippen LogP contribution in [-0.2, 0) is 4.79 Å². The minimum atomic E-state index is -0.974. The number of anilines is 1. The van der Waals surface area contributed by atoms with Gasteiger partial charge in [0, 0.05) is 11.6 Å². The lowest BCUT2D eigenvalue weighted by molar-refractivity contribution is -0.122. The molecule has 1 aliphatic carbocycles. The van der Waals surface area contributed by atoms with Crippen LogP contribution < -0.4 is 11.1 Å². The first-order chi connectivity index (χ1) is 9.61. The predicted molar refractivity (Wildman–Crippen MR) is 76.5 cm³/mol. The molecule has 5 heteroatoms. The summed E-state index contributed by atoms with van der Waals surface area (Å²) in [6.07, 6.45) is 4.08. The van der Waals surface area contributed by atoms with Crippen molar-refractivity contribution in [3.63, 3.8) is 0 Å². The van der Waals surface area contributed by atoms with Crippen molar-refractivity contribution in [1.82, 2.24) is 0 Å². The highest BCUT2D eigenvalue weighted by Crippen LogP contribution is 2.30. The standard InChI is InChI=1S/C15H20N2O3/c16-9-11-3-1-2-4-13(11)14(18)17-12-7-5-10(6-8-12)15(19)20/h5-8,11,13H,1-4,9,16H2,(H,17,18)(H,19,20). The molecule has 2 atom stereocenters. The monoisotopic (exact) mass is 276 g/mol. The molecular weight excluding hydrogens is 256 g/mol. The maximum Gasteiger partial charge on any atom is 0.335 e. The van der Waals surface area contributed by atoms with Gasteiger partial charge in [0.2, 0.25) is 5.91 Å². The average molecular weight is 276 g/mol. The molecule has 0 heterocycles. The average Bonchev–Trinajstić information content (AvgIpc) is 2.47. The summed E-state index contributed by atoms with van der Waals surface area (Å²) in [4.78, 5) is 23.0. The van der Waals surface area contributed by atoms with Crippen molar-refractivity contribution in [2.24, 2.45) is 17.6 Å². The molecule has 2 unspecified atom stereocenters. The summed E-state index contributed by atoms with van der Waals surface area (Å²) in [5, 5.41) is 11.7. The number of carbonyl (C=O) groups is 2. The fraction of sp³-hybridized carbons (Fsp3) is 0.467. The third-order valence-electron chi connectivity index (χ3n) is 3.95. The number of carboxylic acid groups (broad SMARTS) is 1. The van der Waals surface area contributed by atoms with E-state index in [9.17, 15) is 9.59 Å². The van der Waals surface area contributed by atoms with E-state index in [1.807, 2.05) is 0 Å². The van der Waals surface area contributed by atoms with Crippen molar-refractivity contribution >= 4 is 17.6 Å². The summed E-state index contributed by atoms with van der Waals surface area (Å²) >= 11 is 0. The molecule has 0 saturated heterocycles. The van der Waals surface area contributed by atoms with Crippen LogP contribution in [0.15, 0.2) is 24.3 Å². The van der Waals surface area contributed by atoms with Crippen molar-refractivity contribution in [3.05, 3.63) is 29.8 Å². The van der Waals surface area contributed by atoms with E-state index in [2.05, 4.69) is 5.32 Å². The number of hydrogen-bond acceptors (Lipinski definition) is 3. The number of rotatable bonds is 4. The Bertz CT molecular complexity index is 484. The zero-order valence-electron chi connectivity index (χ0n) is 11.3. The molecule has 1 amide bonds. The highest BCUT2D eigenvalue weighted by molar-refractivity contribution is 5.94. The number of amides is 1. The maximum atomic E-state index is 12.3. The van der Waals surface area contributed by atoms with E-state index in [4.69, 9.17) is 10.8 Å². The molecule has 108 valence electrons. The van der Waals surface area contributed by atoms with E-state index in [-0.39, 0.29) is 23.3 Å². The molecule has 0 aliphatic heterocycles. The molecule has 0 bridgehead atoms. The Morgan fingerprint density at radius 1 is 1.20 bits per heavy atom. The summed E-state index contributed by atoms with van der Waals surface area (Å²) in [6.45, 7) is 0.538. The van der Waals surface area contributed by atoms with E-state index in [0.717, 1.165) is 25.7 Å². The number of nitrogens with one attached hydrogen (secondary N) is 1. The molecule has 5 nitrogen and oxygen atoms in total. The Kier molecular flexibility index (Phi) is 4.74. The third kappa shape index (κ3) is 3.36. The van der Waals surface area contributed by atoms with E-state index < -0.39 is 5.97 Å². The SMILES string of the molecule is NCC1CCCCC1C(=O)Nc1ccc(C(=O)O)cc1. The van der Waals surface area contributed by atoms with Crippen molar-refractivity contribution in [2.75, 3.05) is 11.9 Å². The van der Waals surface area contributed by atoms with Gasteiger partial charge in [-0.05, 0) is 49.6 Å². The van der Waals surface area contributed by atoms with Crippen molar-refractivity contribution in [2.45, 2.75) is 25.7 Å². The summed E-state index contributed by atoms with van der Waals surface area (Å²) in [5.41, 5.74) is 6.57. The summed E-state index contributed by atoms with van der Waals surface area (Å²) in [6, 6.07) is 6.20. The van der Waals surface area contributed by atoms with Crippen molar-refractivity contribution in [1.29, 1.82) is 0 Å². The summed E-state index contributed by atoms with van der Waals surface area (Å²) in [7, 11) is 0. The molecule has 1 aromatic carbocycles. The number of carboxylic acids is 1. The van der Waals surface area contributed by atoms with Gasteiger partial charge >= 0.3 is 5.97 Å². The molecule has 1 fully saturated rings. The smallest absolute Gasteiger partial charge is 0.335 e. The molecule has 20 heavy (non-hydrogen) atoms. The van der Waals surface area contributed by atoms with Crippen LogP contribution in [0, 0.1) is 11.8 Å². The van der Waals surface area contributed by atoms with Gasteiger partial charge in [-0.3, -0.25) is 4.79 Å². The van der Waals surface area contributed by atoms with Gasteiger partial charge in [-0.25, -0.2) is 4.79 Å². The number of nitrogens with two attached hydrogens (primary N) is 1. The Hall–Kier alpha value is -1.88. The Morgan fingerprint density at radius 2 is 1.85 bits per heavy atom. The fourth-order valence-electron chi connectivity index (χ4n) is 2.77. The quantitative estimate of drug-likeness (QED) is 0.785. The number of carbonyl (C=O) groups excluding carboxylic acids is 1. The lowest BCUT2D eigenvalue weighted by atomic mass is 9.78. The predicted octanol–water partition coefficient (Wildman–Crippen LogP) is 2.09. The van der Waals surface area contributed by atoms with Crippen molar-refractivity contribution < 1.29 is 14.7 Å². The first-order valence-electron chi connectivity index (χ1n) is 6.96. The van der Waals surface area contributed by atoms with Crippen LogP contribution in [0.4, 0.5) is 5.69 Å². The van der Waals surface area contributed by atoms with E-state index in [1.54, 1.807) is 12.1 Å². The number of hydrogen-bond donors (Lipinski definition) is 3. The van der Waals surface area contributed by atoms with Gasteiger partial charge in [0.1, 0.15) is 0 Å². The minimum Gasteiger partial charge on any atom is -0.478 e. The van der Waals surface area contributed by atoms with E-state index in [1.165, 1.54) is 12.1 Å². The number of aromatic carboxylic acids is 1. The number of benzene rings is 1. The van der Waals surface area contributed by atoms with Crippen LogP contribution in [0.5, 0.6) is 0 Å².